The number of nitrogens with one attached hydrogen (secondary N) is 1. The summed E-state index contributed by atoms with van der Waals surface area (Å²) in [4.78, 5) is 11.3. The minimum atomic E-state index is -4.45. The number of carbonyl (C=O) groups is 1. The number of alkyl halides is 3. The lowest BCUT2D eigenvalue weighted by atomic mass is 10.2. The summed E-state index contributed by atoms with van der Waals surface area (Å²) in [6.07, 6.45) is -4.45. The number of carbonyl (C=O) groups excluding carboxylic acids is 1. The van der Waals surface area contributed by atoms with Crippen LogP contribution in [0.15, 0.2) is 18.2 Å². The summed E-state index contributed by atoms with van der Waals surface area (Å²) in [6.45, 7) is -1.39. The van der Waals surface area contributed by atoms with Gasteiger partial charge in [-0.2, -0.15) is 13.2 Å². The molecule has 0 aliphatic rings. The SMILES string of the molecule is O=C(NCC(F)(F)F)c1cc(Cl)cc(Cl)c1. The molecule has 0 saturated heterocycles. The second-order valence-electron chi connectivity index (χ2n) is 2.96. The van der Waals surface area contributed by atoms with E-state index in [1.54, 1.807) is 5.32 Å². The summed E-state index contributed by atoms with van der Waals surface area (Å²) < 4.78 is 35.5. The monoisotopic (exact) mass is 271 g/mol. The van der Waals surface area contributed by atoms with Gasteiger partial charge in [-0.05, 0) is 18.2 Å². The molecule has 0 atom stereocenters. The summed E-state index contributed by atoms with van der Waals surface area (Å²) >= 11 is 11.2. The molecular weight excluding hydrogens is 266 g/mol. The van der Waals surface area contributed by atoms with Gasteiger partial charge in [-0.25, -0.2) is 0 Å². The van der Waals surface area contributed by atoms with Crippen LogP contribution in [0.2, 0.25) is 10.0 Å². The van der Waals surface area contributed by atoms with Crippen LogP contribution >= 0.6 is 23.2 Å². The van der Waals surface area contributed by atoms with Gasteiger partial charge in [-0.15, -0.1) is 0 Å². The summed E-state index contributed by atoms with van der Waals surface area (Å²) in [6, 6.07) is 3.85. The molecule has 88 valence electrons. The van der Waals surface area contributed by atoms with E-state index in [1.807, 2.05) is 0 Å². The van der Waals surface area contributed by atoms with E-state index >= 15 is 0 Å². The highest BCUT2D eigenvalue weighted by Gasteiger charge is 2.27. The maximum absolute atomic E-state index is 11.8. The van der Waals surface area contributed by atoms with E-state index in [4.69, 9.17) is 23.2 Å². The van der Waals surface area contributed by atoms with Crippen molar-refractivity contribution in [1.82, 2.24) is 5.32 Å². The zero-order chi connectivity index (χ0) is 12.3. The van der Waals surface area contributed by atoms with E-state index in [0.717, 1.165) is 0 Å². The van der Waals surface area contributed by atoms with Crippen molar-refractivity contribution in [3.05, 3.63) is 33.8 Å². The Bertz CT molecular complexity index is 386. The van der Waals surface area contributed by atoms with Crippen molar-refractivity contribution in [3.8, 4) is 0 Å². The fraction of sp³-hybridized carbons (Fsp3) is 0.222. The first kappa shape index (κ1) is 13.1. The lowest BCUT2D eigenvalue weighted by Crippen LogP contribution is -2.33. The van der Waals surface area contributed by atoms with Crippen LogP contribution in [-0.4, -0.2) is 18.6 Å². The van der Waals surface area contributed by atoms with E-state index in [2.05, 4.69) is 0 Å². The minimum absolute atomic E-state index is 0.0123. The first-order chi connectivity index (χ1) is 7.28. The third-order valence-electron chi connectivity index (χ3n) is 1.57. The summed E-state index contributed by atoms with van der Waals surface area (Å²) in [7, 11) is 0. The molecule has 0 bridgehead atoms. The zero-order valence-corrected chi connectivity index (χ0v) is 9.25. The van der Waals surface area contributed by atoms with Crippen LogP contribution in [0, 0.1) is 0 Å². The Morgan fingerprint density at radius 2 is 1.69 bits per heavy atom. The molecule has 0 radical (unpaired) electrons. The Balaban J connectivity index is 2.73. The van der Waals surface area contributed by atoms with E-state index < -0.39 is 18.6 Å². The van der Waals surface area contributed by atoms with Crippen molar-refractivity contribution in [1.29, 1.82) is 0 Å². The van der Waals surface area contributed by atoms with Crippen molar-refractivity contribution >= 4 is 29.1 Å². The fourth-order valence-electron chi connectivity index (χ4n) is 0.967. The quantitative estimate of drug-likeness (QED) is 0.879. The van der Waals surface area contributed by atoms with Crippen molar-refractivity contribution in [2.75, 3.05) is 6.54 Å². The van der Waals surface area contributed by atoms with Crippen LogP contribution in [0.3, 0.4) is 0 Å². The Hall–Kier alpha value is -0.940. The van der Waals surface area contributed by atoms with Gasteiger partial charge in [-0.3, -0.25) is 4.79 Å². The van der Waals surface area contributed by atoms with E-state index in [0.29, 0.717) is 0 Å². The topological polar surface area (TPSA) is 29.1 Å². The van der Waals surface area contributed by atoms with Crippen molar-refractivity contribution < 1.29 is 18.0 Å². The lowest BCUT2D eigenvalue weighted by molar-refractivity contribution is -0.123. The van der Waals surface area contributed by atoms with E-state index in [9.17, 15) is 18.0 Å². The molecule has 0 aliphatic carbocycles. The highest BCUT2D eigenvalue weighted by atomic mass is 35.5. The summed E-state index contributed by atoms with van der Waals surface area (Å²) in [5.74, 6) is -0.873. The maximum Gasteiger partial charge on any atom is 0.405 e. The molecule has 1 rings (SSSR count). The molecule has 2 nitrogen and oxygen atoms in total. The second-order valence-corrected chi connectivity index (χ2v) is 3.83. The molecule has 1 aromatic carbocycles. The van der Waals surface area contributed by atoms with Gasteiger partial charge in [-0.1, -0.05) is 23.2 Å². The highest BCUT2D eigenvalue weighted by molar-refractivity contribution is 6.35. The average Bonchev–Trinajstić information content (AvgIpc) is 2.11. The Labute approximate surface area is 99.3 Å². The largest absolute Gasteiger partial charge is 0.405 e. The molecule has 0 aliphatic heterocycles. The number of hydrogen-bond donors (Lipinski definition) is 1. The number of rotatable bonds is 2. The third kappa shape index (κ3) is 4.28. The molecule has 0 fully saturated rings. The number of amides is 1. The molecule has 7 heteroatoms. The predicted octanol–water partition coefficient (Wildman–Crippen LogP) is 3.29. The van der Waals surface area contributed by atoms with Gasteiger partial charge in [0.25, 0.3) is 5.91 Å². The minimum Gasteiger partial charge on any atom is -0.343 e. The van der Waals surface area contributed by atoms with Crippen molar-refractivity contribution in [3.63, 3.8) is 0 Å². The van der Waals surface area contributed by atoms with Crippen LogP contribution in [-0.2, 0) is 0 Å². The second kappa shape index (κ2) is 4.93. The molecule has 0 aromatic heterocycles. The van der Waals surface area contributed by atoms with Gasteiger partial charge in [0, 0.05) is 15.6 Å². The van der Waals surface area contributed by atoms with Gasteiger partial charge in [0.1, 0.15) is 6.54 Å². The van der Waals surface area contributed by atoms with Crippen molar-refractivity contribution in [2.24, 2.45) is 0 Å². The molecule has 1 amide bonds. The first-order valence-corrected chi connectivity index (χ1v) is 4.84. The van der Waals surface area contributed by atoms with Crippen LogP contribution in [0.4, 0.5) is 13.2 Å². The molecular formula is C9H6Cl2F3NO. The standard InChI is InChI=1S/C9H6Cl2F3NO/c10-6-1-5(2-7(11)3-6)8(16)15-4-9(12,13)14/h1-3H,4H2,(H,15,16). The predicted molar refractivity (Wildman–Crippen MR) is 54.9 cm³/mol. The molecule has 0 heterocycles. The van der Waals surface area contributed by atoms with Gasteiger partial charge in [0.05, 0.1) is 0 Å². The normalized spacial score (nSPS) is 11.3. The smallest absolute Gasteiger partial charge is 0.343 e. The average molecular weight is 272 g/mol. The van der Waals surface area contributed by atoms with Crippen LogP contribution in [0.25, 0.3) is 0 Å². The molecule has 0 saturated carbocycles. The Morgan fingerprint density at radius 3 is 2.12 bits per heavy atom. The fourth-order valence-corrected chi connectivity index (χ4v) is 1.49. The summed E-state index contributed by atoms with van der Waals surface area (Å²) in [5, 5.41) is 2.08. The van der Waals surface area contributed by atoms with Gasteiger partial charge in [0.15, 0.2) is 0 Å². The Morgan fingerprint density at radius 1 is 1.19 bits per heavy atom. The Kier molecular flexibility index (Phi) is 4.04. The summed E-state index contributed by atoms with van der Waals surface area (Å²) in [5.41, 5.74) is -0.0123. The van der Waals surface area contributed by atoms with Gasteiger partial charge in [0.2, 0.25) is 0 Å². The molecule has 1 N–H and O–H groups in total. The molecule has 0 unspecified atom stereocenters. The molecule has 1 aromatic rings. The third-order valence-corrected chi connectivity index (χ3v) is 2.01. The van der Waals surface area contributed by atoms with Crippen LogP contribution < -0.4 is 5.32 Å². The number of benzene rings is 1. The number of halogens is 5. The molecule has 0 spiro atoms. The van der Waals surface area contributed by atoms with Crippen molar-refractivity contribution in [2.45, 2.75) is 6.18 Å². The highest BCUT2D eigenvalue weighted by Crippen LogP contribution is 2.19. The van der Waals surface area contributed by atoms with E-state index in [-0.39, 0.29) is 15.6 Å². The zero-order valence-electron chi connectivity index (χ0n) is 7.74. The molecule has 16 heavy (non-hydrogen) atoms. The van der Waals surface area contributed by atoms with E-state index in [1.165, 1.54) is 18.2 Å². The van der Waals surface area contributed by atoms with Crippen LogP contribution in [0.5, 0.6) is 0 Å². The first-order valence-electron chi connectivity index (χ1n) is 4.09. The van der Waals surface area contributed by atoms with Gasteiger partial charge < -0.3 is 5.32 Å². The van der Waals surface area contributed by atoms with Crippen LogP contribution in [0.1, 0.15) is 10.4 Å². The number of hydrogen-bond acceptors (Lipinski definition) is 1. The lowest BCUT2D eigenvalue weighted by Gasteiger charge is -2.08. The maximum atomic E-state index is 11.8. The van der Waals surface area contributed by atoms with Gasteiger partial charge >= 0.3 is 6.18 Å².